The topological polar surface area (TPSA) is 274 Å². The second-order valence-corrected chi connectivity index (χ2v) is 25.7. The molecule has 0 aliphatic carbocycles. The van der Waals surface area contributed by atoms with Gasteiger partial charge in [-0.15, -0.1) is 0 Å². The van der Waals surface area contributed by atoms with Gasteiger partial charge in [-0.2, -0.15) is 0 Å². The number of amidine groups is 1. The van der Waals surface area contributed by atoms with Crippen LogP contribution in [0.3, 0.4) is 0 Å². The second kappa shape index (κ2) is 22.7. The van der Waals surface area contributed by atoms with Gasteiger partial charge < -0.3 is 40.1 Å². The summed E-state index contributed by atoms with van der Waals surface area (Å²) in [4.78, 5) is 58.4. The Balaban J connectivity index is 0.843. The summed E-state index contributed by atoms with van der Waals surface area (Å²) in [5.41, 5.74) is 5.31. The van der Waals surface area contributed by atoms with E-state index >= 15 is 0 Å². The number of nitrogens with zero attached hydrogens (tertiary/aromatic N) is 4. The average molecular weight is 1160 g/mol. The van der Waals surface area contributed by atoms with Gasteiger partial charge in [0.2, 0.25) is 0 Å². The Morgan fingerprint density at radius 3 is 1.77 bits per heavy atom. The molecule has 0 bridgehead atoms. The van der Waals surface area contributed by atoms with Crippen LogP contribution in [0.25, 0.3) is 64.6 Å². The van der Waals surface area contributed by atoms with Crippen LogP contribution in [-0.4, -0.2) is 110 Å². The van der Waals surface area contributed by atoms with Crippen molar-refractivity contribution < 1.29 is 65.7 Å². The van der Waals surface area contributed by atoms with E-state index < -0.39 is 90.4 Å². The third-order valence-corrected chi connectivity index (χ3v) is 20.0. The molecule has 428 valence electrons. The third-order valence-electron chi connectivity index (χ3n) is 17.3. The number of phosphoric ester groups is 3. The van der Waals surface area contributed by atoms with Crippen LogP contribution in [0.5, 0.6) is 0 Å². The maximum Gasteiger partial charge on any atom is 0.472 e. The number of phosphoric acid groups is 3. The zero-order valence-corrected chi connectivity index (χ0v) is 48.2. The predicted octanol–water partition coefficient (Wildman–Crippen LogP) is 11.3. The smallest absolute Gasteiger partial charge is 0.396 e. The summed E-state index contributed by atoms with van der Waals surface area (Å²) in [6.07, 6.45) is -0.0128. The molecular weight excluding hydrogens is 1100 g/mol. The van der Waals surface area contributed by atoms with Gasteiger partial charge in [-0.1, -0.05) is 137 Å². The molecular formula is C59H68N5O14P3. The van der Waals surface area contributed by atoms with Crippen molar-refractivity contribution in [3.63, 3.8) is 0 Å². The van der Waals surface area contributed by atoms with E-state index in [1.165, 1.54) is 12.7 Å². The molecule has 1 saturated heterocycles. The second-order valence-electron chi connectivity index (χ2n) is 21.8. The normalized spacial score (nSPS) is 22.2. The van der Waals surface area contributed by atoms with Gasteiger partial charge >= 0.3 is 23.5 Å². The first-order valence-electron chi connectivity index (χ1n) is 27.6. The number of aliphatic hydroxyl groups excluding tert-OH is 1. The van der Waals surface area contributed by atoms with Crippen molar-refractivity contribution in [3.8, 4) is 0 Å². The van der Waals surface area contributed by atoms with E-state index in [1.807, 2.05) is 50.2 Å². The van der Waals surface area contributed by atoms with Crippen molar-refractivity contribution >= 4 is 107 Å². The first-order valence-corrected chi connectivity index (χ1v) is 32.1. The van der Waals surface area contributed by atoms with Crippen molar-refractivity contribution in [3.05, 3.63) is 120 Å². The highest BCUT2D eigenvalue weighted by Crippen LogP contribution is 2.55. The van der Waals surface area contributed by atoms with Crippen LogP contribution in [0.2, 0.25) is 0 Å². The SMILES string of the molecule is CCC(CC)(CC(COP(=O)(O)OC1CC(N2C=NC3C(N)=NC=NC32)OC1COP(=O)(O)OC(CC)(CC)C(CO)Cc1ccc2ccc3cccc4ccc1c2c34)Cc1ccc2ccc3cccc4ccc1c2c34)OP(=O)(O)O. The number of rotatable bonds is 25. The lowest BCUT2D eigenvalue weighted by Crippen LogP contribution is -2.47. The van der Waals surface area contributed by atoms with Crippen LogP contribution in [0, 0.1) is 11.8 Å². The van der Waals surface area contributed by atoms with Gasteiger partial charge in [0.25, 0.3) is 0 Å². The van der Waals surface area contributed by atoms with Gasteiger partial charge in [-0.05, 0) is 127 Å². The molecule has 0 radical (unpaired) electrons. The molecule has 9 unspecified atom stereocenters. The number of ether oxygens (including phenoxy) is 1. The number of aliphatic hydroxyl groups is 1. The summed E-state index contributed by atoms with van der Waals surface area (Å²) in [6.45, 7) is 5.74. The number of hydrogen-bond donors (Lipinski definition) is 6. The molecule has 81 heavy (non-hydrogen) atoms. The molecule has 3 aliphatic rings. The number of hydrogen-bond acceptors (Lipinski definition) is 15. The van der Waals surface area contributed by atoms with E-state index in [-0.39, 0.29) is 57.4 Å². The monoisotopic (exact) mass is 1160 g/mol. The Hall–Kier alpha value is -5.30. The first kappa shape index (κ1) is 57.5. The molecule has 0 spiro atoms. The third kappa shape index (κ3) is 11.4. The van der Waals surface area contributed by atoms with Crippen LogP contribution >= 0.6 is 23.5 Å². The largest absolute Gasteiger partial charge is 0.472 e. The highest BCUT2D eigenvalue weighted by Gasteiger charge is 2.50. The standard InChI is InChI=1S/C59H68N5O14P3/c1-5-58(6-2,77-79(66,67)68)30-36(27-43-21-19-41-17-15-37-11-9-13-39-23-25-46(43)53(41)51(37)39)32-73-80(69,70)76-48-29-50(64-35-63-55-56(60)61-34-62-57(55)64)75-49(48)33-74-81(71,72)78-59(7-3,8-4)45(31-65)28-44-22-20-42-18-16-38-12-10-14-40-24-26-47(44)54(42)52(38)40/h9-26,34-36,45,48-50,55,57,65H,5-8,27-33H2,1-4H3,(H,69,70)(H,71,72)(H2,60,61,62)(H2,66,67,68). The fraction of sp³-hybridized carbons (Fsp3) is 0.407. The van der Waals surface area contributed by atoms with Gasteiger partial charge in [-0.3, -0.25) is 27.6 Å². The van der Waals surface area contributed by atoms with Gasteiger partial charge in [0.15, 0.2) is 6.17 Å². The van der Waals surface area contributed by atoms with Crippen LogP contribution < -0.4 is 5.73 Å². The minimum absolute atomic E-state index is 0.0282. The van der Waals surface area contributed by atoms with E-state index in [1.54, 1.807) is 18.7 Å². The molecule has 8 aromatic carbocycles. The number of fused-ring (bicyclic) bond motifs is 1. The van der Waals surface area contributed by atoms with Crippen LogP contribution in [-0.2, 0) is 53.9 Å². The van der Waals surface area contributed by atoms with Crippen LogP contribution in [0.4, 0.5) is 0 Å². The number of aliphatic imine (C=N–C) groups is 3. The fourth-order valence-corrected chi connectivity index (χ4v) is 16.1. The Morgan fingerprint density at radius 2 is 1.22 bits per heavy atom. The van der Waals surface area contributed by atoms with Gasteiger partial charge in [-0.25, -0.2) is 23.7 Å². The van der Waals surface area contributed by atoms with Gasteiger partial charge in [0.05, 0.1) is 30.8 Å². The van der Waals surface area contributed by atoms with E-state index in [0.717, 1.165) is 75.8 Å². The minimum Gasteiger partial charge on any atom is -0.396 e. The lowest BCUT2D eigenvalue weighted by atomic mass is 9.78. The molecule has 3 aliphatic heterocycles. The van der Waals surface area contributed by atoms with Crippen LogP contribution in [0.15, 0.2) is 124 Å². The minimum atomic E-state index is -5.09. The van der Waals surface area contributed by atoms with E-state index in [2.05, 4.69) is 87.8 Å². The summed E-state index contributed by atoms with van der Waals surface area (Å²) in [6, 6.07) is 36.4. The Labute approximate surface area is 468 Å². The van der Waals surface area contributed by atoms with E-state index in [0.29, 0.717) is 6.42 Å². The van der Waals surface area contributed by atoms with E-state index in [4.69, 9.17) is 33.1 Å². The maximum absolute atomic E-state index is 14.5. The summed E-state index contributed by atoms with van der Waals surface area (Å²) in [7, 11) is -15.1. The molecule has 0 amide bonds. The molecule has 7 N–H and O–H groups in total. The van der Waals surface area contributed by atoms with Crippen molar-refractivity contribution in [2.24, 2.45) is 32.5 Å². The van der Waals surface area contributed by atoms with Crippen molar-refractivity contribution in [2.45, 2.75) is 121 Å². The van der Waals surface area contributed by atoms with Crippen molar-refractivity contribution in [1.29, 1.82) is 0 Å². The van der Waals surface area contributed by atoms with Gasteiger partial charge in [0, 0.05) is 18.9 Å². The highest BCUT2D eigenvalue weighted by atomic mass is 31.2. The van der Waals surface area contributed by atoms with Crippen molar-refractivity contribution in [1.82, 2.24) is 4.90 Å². The predicted molar refractivity (Wildman–Crippen MR) is 315 cm³/mol. The molecule has 3 heterocycles. The Bertz CT molecular complexity index is 3820. The molecule has 0 aromatic heterocycles. The molecule has 8 aromatic rings. The summed E-state index contributed by atoms with van der Waals surface area (Å²) >= 11 is 0. The number of benzene rings is 8. The molecule has 11 rings (SSSR count). The molecule has 19 nitrogen and oxygen atoms in total. The average Bonchev–Trinajstić information content (AvgIpc) is 3.79. The summed E-state index contributed by atoms with van der Waals surface area (Å²) in [5.74, 6) is -1.10. The lowest BCUT2D eigenvalue weighted by molar-refractivity contribution is -0.0768. The highest BCUT2D eigenvalue weighted by molar-refractivity contribution is 7.47. The maximum atomic E-state index is 14.5. The Morgan fingerprint density at radius 1 is 0.679 bits per heavy atom. The summed E-state index contributed by atoms with van der Waals surface area (Å²) < 4.78 is 77.2. The number of nitrogens with two attached hydrogens (primary N) is 1. The first-order chi connectivity index (χ1) is 38.8. The zero-order valence-electron chi connectivity index (χ0n) is 45.5. The van der Waals surface area contributed by atoms with Crippen molar-refractivity contribution in [2.75, 3.05) is 19.8 Å². The molecule has 22 heteroatoms. The fourth-order valence-electron chi connectivity index (χ4n) is 12.9. The zero-order chi connectivity index (χ0) is 57.1. The molecule has 1 fully saturated rings. The Kier molecular flexibility index (Phi) is 16.1. The van der Waals surface area contributed by atoms with Crippen LogP contribution in [0.1, 0.15) is 77.3 Å². The van der Waals surface area contributed by atoms with Gasteiger partial charge in [0.1, 0.15) is 36.7 Å². The molecule has 9 atom stereocenters. The molecule has 0 saturated carbocycles. The van der Waals surface area contributed by atoms with E-state index in [9.17, 15) is 38.4 Å². The quantitative estimate of drug-likeness (QED) is 0.0229. The summed E-state index contributed by atoms with van der Waals surface area (Å²) in [5, 5.41) is 23.9. The lowest BCUT2D eigenvalue weighted by Gasteiger charge is -2.39.